The fraction of sp³-hybridized carbons (Fsp3) is 0.0909. The van der Waals surface area contributed by atoms with Crippen LogP contribution in [0, 0.1) is 10.1 Å². The van der Waals surface area contributed by atoms with Gasteiger partial charge in [0.15, 0.2) is 11.5 Å². The standard InChI is InChI=1S/C11H7N3O6/c15-10-6(12-11(16)13-10)1-5-2-8-9(20-4-19-8)3-7(5)14(17)18/h1-3H,4H2,(H2,12,13,15,16)/b6-1-. The molecule has 0 aromatic heterocycles. The molecule has 3 amide bonds. The van der Waals surface area contributed by atoms with Crippen LogP contribution < -0.4 is 20.1 Å². The second kappa shape index (κ2) is 4.23. The van der Waals surface area contributed by atoms with E-state index in [1.54, 1.807) is 0 Å². The highest BCUT2D eigenvalue weighted by molar-refractivity contribution is 6.14. The summed E-state index contributed by atoms with van der Waals surface area (Å²) in [4.78, 5) is 32.8. The molecule has 2 N–H and O–H groups in total. The van der Waals surface area contributed by atoms with Crippen molar-refractivity contribution in [2.75, 3.05) is 6.79 Å². The van der Waals surface area contributed by atoms with Gasteiger partial charge in [-0.25, -0.2) is 4.79 Å². The number of hydrogen-bond acceptors (Lipinski definition) is 6. The van der Waals surface area contributed by atoms with Crippen molar-refractivity contribution in [1.82, 2.24) is 10.6 Å². The minimum atomic E-state index is -0.676. The van der Waals surface area contributed by atoms with Crippen LogP contribution in [0.25, 0.3) is 6.08 Å². The molecule has 20 heavy (non-hydrogen) atoms. The predicted molar refractivity (Wildman–Crippen MR) is 63.9 cm³/mol. The summed E-state index contributed by atoms with van der Waals surface area (Å²) >= 11 is 0. The van der Waals surface area contributed by atoms with Crippen molar-refractivity contribution in [2.24, 2.45) is 0 Å². The Hall–Kier alpha value is -3.10. The molecule has 0 saturated carbocycles. The molecule has 0 spiro atoms. The lowest BCUT2D eigenvalue weighted by molar-refractivity contribution is -0.385. The number of carbonyl (C=O) groups excluding carboxylic acids is 2. The van der Waals surface area contributed by atoms with Crippen molar-refractivity contribution in [3.05, 3.63) is 33.5 Å². The fourth-order valence-electron chi connectivity index (χ4n) is 1.86. The number of amides is 3. The normalized spacial score (nSPS) is 18.1. The van der Waals surface area contributed by atoms with Crippen LogP contribution >= 0.6 is 0 Å². The van der Waals surface area contributed by atoms with E-state index in [1.807, 2.05) is 5.32 Å². The van der Waals surface area contributed by atoms with Gasteiger partial charge in [-0.1, -0.05) is 0 Å². The highest BCUT2D eigenvalue weighted by Crippen LogP contribution is 2.38. The van der Waals surface area contributed by atoms with Crippen LogP contribution in [0.1, 0.15) is 5.56 Å². The van der Waals surface area contributed by atoms with Crippen LogP contribution in [0.5, 0.6) is 11.5 Å². The fourth-order valence-corrected chi connectivity index (χ4v) is 1.86. The van der Waals surface area contributed by atoms with E-state index < -0.39 is 16.9 Å². The molecule has 0 atom stereocenters. The zero-order chi connectivity index (χ0) is 14.3. The largest absolute Gasteiger partial charge is 0.454 e. The number of ether oxygens (including phenoxy) is 2. The number of imide groups is 1. The zero-order valence-corrected chi connectivity index (χ0v) is 9.84. The molecule has 1 fully saturated rings. The summed E-state index contributed by atoms with van der Waals surface area (Å²) in [6.45, 7) is -0.0241. The molecule has 1 saturated heterocycles. The topological polar surface area (TPSA) is 120 Å². The van der Waals surface area contributed by atoms with Gasteiger partial charge in [0.2, 0.25) is 6.79 Å². The summed E-state index contributed by atoms with van der Waals surface area (Å²) in [5.41, 5.74) is -0.195. The van der Waals surface area contributed by atoms with E-state index in [9.17, 15) is 19.7 Å². The molecule has 2 aliphatic rings. The van der Waals surface area contributed by atoms with Crippen LogP contribution in [0.2, 0.25) is 0 Å². The first-order valence-corrected chi connectivity index (χ1v) is 5.46. The minimum absolute atomic E-state index is 0.0241. The van der Waals surface area contributed by atoms with Crippen molar-refractivity contribution in [2.45, 2.75) is 0 Å². The van der Waals surface area contributed by atoms with E-state index in [2.05, 4.69) is 5.32 Å². The molecule has 102 valence electrons. The van der Waals surface area contributed by atoms with Gasteiger partial charge in [-0.3, -0.25) is 20.2 Å². The molecule has 0 bridgehead atoms. The number of nitrogens with zero attached hydrogens (tertiary/aromatic N) is 1. The quantitative estimate of drug-likeness (QED) is 0.351. The number of urea groups is 1. The summed E-state index contributed by atoms with van der Waals surface area (Å²) in [6.07, 6.45) is 1.21. The first-order valence-electron chi connectivity index (χ1n) is 5.46. The smallest absolute Gasteiger partial charge is 0.326 e. The Labute approximate surface area is 111 Å². The van der Waals surface area contributed by atoms with Gasteiger partial charge in [0.25, 0.3) is 11.6 Å². The van der Waals surface area contributed by atoms with E-state index in [1.165, 1.54) is 18.2 Å². The zero-order valence-electron chi connectivity index (χ0n) is 9.84. The number of nitro groups is 1. The Bertz CT molecular complexity index is 681. The number of nitro benzene ring substituents is 1. The van der Waals surface area contributed by atoms with E-state index in [0.717, 1.165) is 0 Å². The monoisotopic (exact) mass is 277 g/mol. The first-order chi connectivity index (χ1) is 9.54. The molecule has 9 heteroatoms. The van der Waals surface area contributed by atoms with Gasteiger partial charge in [-0.15, -0.1) is 0 Å². The third-order valence-corrected chi connectivity index (χ3v) is 2.74. The van der Waals surface area contributed by atoms with Gasteiger partial charge in [0.1, 0.15) is 5.70 Å². The van der Waals surface area contributed by atoms with Crippen LogP contribution in [-0.2, 0) is 4.79 Å². The average Bonchev–Trinajstić information content (AvgIpc) is 2.94. The van der Waals surface area contributed by atoms with Crippen molar-refractivity contribution < 1.29 is 24.0 Å². The Morgan fingerprint density at radius 1 is 1.20 bits per heavy atom. The summed E-state index contributed by atoms with van der Waals surface area (Å²) < 4.78 is 10.2. The lowest BCUT2D eigenvalue weighted by Crippen LogP contribution is -2.22. The van der Waals surface area contributed by atoms with Crippen LogP contribution in [-0.4, -0.2) is 23.7 Å². The number of rotatable bonds is 2. The molecular formula is C11H7N3O6. The minimum Gasteiger partial charge on any atom is -0.454 e. The summed E-state index contributed by atoms with van der Waals surface area (Å²) in [7, 11) is 0. The predicted octanol–water partition coefficient (Wildman–Crippen LogP) is 0.504. The van der Waals surface area contributed by atoms with Gasteiger partial charge in [0, 0.05) is 0 Å². The number of nitrogens with one attached hydrogen (secondary N) is 2. The molecule has 1 aromatic rings. The molecule has 0 unspecified atom stereocenters. The number of benzene rings is 1. The molecule has 9 nitrogen and oxygen atoms in total. The number of carbonyl (C=O) groups is 2. The van der Waals surface area contributed by atoms with Crippen LogP contribution in [0.3, 0.4) is 0 Å². The van der Waals surface area contributed by atoms with E-state index in [-0.39, 0.29) is 29.5 Å². The van der Waals surface area contributed by atoms with Gasteiger partial charge in [-0.2, -0.15) is 0 Å². The summed E-state index contributed by atoms with van der Waals surface area (Å²) in [5.74, 6) is -0.0482. The lowest BCUT2D eigenvalue weighted by atomic mass is 10.1. The maximum absolute atomic E-state index is 11.4. The molecule has 2 heterocycles. The van der Waals surface area contributed by atoms with Crippen molar-refractivity contribution in [3.8, 4) is 11.5 Å². The van der Waals surface area contributed by atoms with E-state index in [4.69, 9.17) is 9.47 Å². The highest BCUT2D eigenvalue weighted by Gasteiger charge is 2.27. The van der Waals surface area contributed by atoms with Crippen LogP contribution in [0.4, 0.5) is 10.5 Å². The maximum atomic E-state index is 11.4. The highest BCUT2D eigenvalue weighted by atomic mass is 16.7. The Balaban J connectivity index is 2.09. The van der Waals surface area contributed by atoms with Gasteiger partial charge in [0.05, 0.1) is 16.6 Å². The molecule has 1 aromatic carbocycles. The Morgan fingerprint density at radius 3 is 2.50 bits per heavy atom. The molecule has 0 radical (unpaired) electrons. The van der Waals surface area contributed by atoms with Gasteiger partial charge >= 0.3 is 6.03 Å². The second-order valence-corrected chi connectivity index (χ2v) is 3.99. The first kappa shape index (κ1) is 12.0. The second-order valence-electron chi connectivity index (χ2n) is 3.99. The van der Waals surface area contributed by atoms with Crippen molar-refractivity contribution >= 4 is 23.7 Å². The van der Waals surface area contributed by atoms with E-state index in [0.29, 0.717) is 5.75 Å². The van der Waals surface area contributed by atoms with Gasteiger partial charge < -0.3 is 14.8 Å². The average molecular weight is 277 g/mol. The maximum Gasteiger partial charge on any atom is 0.326 e. The van der Waals surface area contributed by atoms with Crippen LogP contribution in [0.15, 0.2) is 17.8 Å². The SMILES string of the molecule is O=C1NC(=O)/C(=C/c2cc3c(cc2[N+](=O)[O-])OCO3)N1. The number of hydrogen-bond donors (Lipinski definition) is 2. The Kier molecular flexibility index (Phi) is 2.53. The summed E-state index contributed by atoms with van der Waals surface area (Å²) in [5, 5.41) is 15.3. The Morgan fingerprint density at radius 2 is 1.90 bits per heavy atom. The third-order valence-electron chi connectivity index (χ3n) is 2.74. The lowest BCUT2D eigenvalue weighted by Gasteiger charge is -2.01. The summed E-state index contributed by atoms with van der Waals surface area (Å²) in [6, 6.07) is 1.92. The third kappa shape index (κ3) is 1.90. The number of fused-ring (bicyclic) bond motifs is 1. The molecule has 0 aliphatic carbocycles. The molecular weight excluding hydrogens is 270 g/mol. The van der Waals surface area contributed by atoms with Crippen molar-refractivity contribution in [1.29, 1.82) is 0 Å². The molecule has 2 aliphatic heterocycles. The van der Waals surface area contributed by atoms with E-state index >= 15 is 0 Å². The van der Waals surface area contributed by atoms with Gasteiger partial charge in [-0.05, 0) is 12.1 Å². The van der Waals surface area contributed by atoms with Crippen molar-refractivity contribution in [3.63, 3.8) is 0 Å². The molecule has 3 rings (SSSR count).